The Hall–Kier alpha value is -4.16. The van der Waals surface area contributed by atoms with Gasteiger partial charge in [-0.05, 0) is 12.0 Å². The van der Waals surface area contributed by atoms with E-state index in [9.17, 15) is 34.4 Å². The zero-order chi connectivity index (χ0) is 23.2. The molecule has 1 aliphatic rings. The molecule has 13 nitrogen and oxygen atoms in total. The summed E-state index contributed by atoms with van der Waals surface area (Å²) < 4.78 is 1.40. The van der Waals surface area contributed by atoms with E-state index < -0.39 is 50.9 Å². The average Bonchev–Trinajstić information content (AvgIpc) is 2.95. The topological polar surface area (TPSA) is 169 Å². The van der Waals surface area contributed by atoms with E-state index in [0.29, 0.717) is 4.57 Å². The fourth-order valence-corrected chi connectivity index (χ4v) is 3.13. The number of carbonyl (C=O) groups is 2. The second kappa shape index (κ2) is 7.59. The van der Waals surface area contributed by atoms with Crippen LogP contribution in [0, 0.1) is 16.0 Å². The molecule has 13 heteroatoms. The van der Waals surface area contributed by atoms with Gasteiger partial charge in [-0.15, -0.1) is 10.2 Å². The minimum atomic E-state index is -0.997. The molecule has 1 aromatic heterocycles. The van der Waals surface area contributed by atoms with Gasteiger partial charge in [0.05, 0.1) is 16.1 Å². The van der Waals surface area contributed by atoms with Crippen molar-refractivity contribution in [3.05, 3.63) is 54.2 Å². The van der Waals surface area contributed by atoms with E-state index in [4.69, 9.17) is 0 Å². The van der Waals surface area contributed by atoms with E-state index in [-0.39, 0.29) is 23.6 Å². The first-order chi connectivity index (χ1) is 14.5. The molecule has 1 aromatic carbocycles. The Morgan fingerprint density at radius 2 is 1.65 bits per heavy atom. The smallest absolute Gasteiger partial charge is 0.333 e. The molecular formula is C18H18N6O7. The molecule has 1 N–H and O–H groups in total. The summed E-state index contributed by atoms with van der Waals surface area (Å²) in [6.45, 7) is 3.69. The summed E-state index contributed by atoms with van der Waals surface area (Å²) in [6, 6.07) is 2.17. The van der Waals surface area contributed by atoms with Gasteiger partial charge in [0.1, 0.15) is 0 Å². The van der Waals surface area contributed by atoms with E-state index in [2.05, 4.69) is 10.2 Å². The van der Waals surface area contributed by atoms with Gasteiger partial charge in [-0.1, -0.05) is 13.8 Å². The molecule has 3 rings (SSSR count). The van der Waals surface area contributed by atoms with Crippen LogP contribution in [0.25, 0.3) is 0 Å². The van der Waals surface area contributed by atoms with Crippen molar-refractivity contribution in [1.29, 1.82) is 0 Å². The highest BCUT2D eigenvalue weighted by atomic mass is 16.6. The fourth-order valence-electron chi connectivity index (χ4n) is 3.13. The lowest BCUT2D eigenvalue weighted by atomic mass is 10.1. The van der Waals surface area contributed by atoms with Gasteiger partial charge in [-0.2, -0.15) is 0 Å². The maximum atomic E-state index is 12.9. The van der Waals surface area contributed by atoms with E-state index in [1.165, 1.54) is 7.05 Å². The van der Waals surface area contributed by atoms with Gasteiger partial charge in [0, 0.05) is 26.7 Å². The highest BCUT2D eigenvalue weighted by Crippen LogP contribution is 2.39. The minimum absolute atomic E-state index is 0.0483. The largest absolute Gasteiger partial charge is 0.493 e. The van der Waals surface area contributed by atoms with Gasteiger partial charge < -0.3 is 5.11 Å². The molecule has 0 atom stereocenters. The van der Waals surface area contributed by atoms with Crippen molar-refractivity contribution in [1.82, 2.24) is 14.0 Å². The highest BCUT2D eigenvalue weighted by molar-refractivity contribution is 6.24. The van der Waals surface area contributed by atoms with Crippen LogP contribution < -0.4 is 11.2 Å². The predicted octanol–water partition coefficient (Wildman–Crippen LogP) is 1.37. The molecule has 0 saturated carbocycles. The molecule has 162 valence electrons. The van der Waals surface area contributed by atoms with Crippen LogP contribution in [-0.2, 0) is 14.1 Å². The number of fused-ring (bicyclic) bond motifs is 1. The van der Waals surface area contributed by atoms with Crippen LogP contribution in [0.2, 0.25) is 0 Å². The van der Waals surface area contributed by atoms with Gasteiger partial charge in [0.25, 0.3) is 23.1 Å². The SMILES string of the molecule is CC(C)CN1C(=O)c2ccc([N+](=O)[O-])c(N=Nc3c(O)n(C)c(=O)n(C)c3=O)c2C1=O. The quantitative estimate of drug-likeness (QED) is 0.323. The normalized spacial score (nSPS) is 13.5. The Morgan fingerprint density at radius 3 is 2.23 bits per heavy atom. The van der Waals surface area contributed by atoms with E-state index in [0.717, 1.165) is 28.6 Å². The lowest BCUT2D eigenvalue weighted by molar-refractivity contribution is -0.384. The number of imide groups is 1. The summed E-state index contributed by atoms with van der Waals surface area (Å²) >= 11 is 0. The van der Waals surface area contributed by atoms with Crippen LogP contribution in [0.1, 0.15) is 34.6 Å². The second-order valence-corrected chi connectivity index (χ2v) is 7.31. The summed E-state index contributed by atoms with van der Waals surface area (Å²) in [4.78, 5) is 61.3. The van der Waals surface area contributed by atoms with Crippen LogP contribution in [0.3, 0.4) is 0 Å². The molecule has 2 amide bonds. The summed E-state index contributed by atoms with van der Waals surface area (Å²) in [6.07, 6.45) is 0. The Bertz CT molecular complexity index is 1290. The summed E-state index contributed by atoms with van der Waals surface area (Å²) in [5.41, 5.74) is -4.01. The molecule has 0 fully saturated rings. The first-order valence-electron chi connectivity index (χ1n) is 9.05. The van der Waals surface area contributed by atoms with Crippen molar-refractivity contribution in [2.75, 3.05) is 6.54 Å². The number of nitrogens with zero attached hydrogens (tertiary/aromatic N) is 6. The molecule has 0 bridgehead atoms. The Morgan fingerprint density at radius 1 is 1.03 bits per heavy atom. The summed E-state index contributed by atoms with van der Waals surface area (Å²) in [5, 5.41) is 28.9. The lowest BCUT2D eigenvalue weighted by Gasteiger charge is -2.15. The molecule has 2 aromatic rings. The van der Waals surface area contributed by atoms with Crippen molar-refractivity contribution in [3.8, 4) is 5.88 Å². The van der Waals surface area contributed by atoms with E-state index in [1.807, 2.05) is 0 Å². The van der Waals surface area contributed by atoms with Crippen LogP contribution in [0.15, 0.2) is 32.0 Å². The molecule has 0 saturated heterocycles. The monoisotopic (exact) mass is 430 g/mol. The Kier molecular flexibility index (Phi) is 5.27. The number of aromatic hydroxyl groups is 1. The summed E-state index contributed by atoms with van der Waals surface area (Å²) in [5.74, 6) is -2.26. The standard InChI is InChI=1S/C18H18N6O7/c1-8(2)7-23-14(25)9-5-6-10(24(30)31)12(11(9)15(23)26)19-20-13-16(27)21(3)18(29)22(4)17(13)28/h5-6,8,27H,7H2,1-4H3. The molecule has 31 heavy (non-hydrogen) atoms. The minimum Gasteiger partial charge on any atom is -0.493 e. The zero-order valence-electron chi connectivity index (χ0n) is 17.0. The molecular weight excluding hydrogens is 412 g/mol. The van der Waals surface area contributed by atoms with Crippen LogP contribution >= 0.6 is 0 Å². The van der Waals surface area contributed by atoms with Crippen molar-refractivity contribution >= 4 is 28.9 Å². The zero-order valence-corrected chi connectivity index (χ0v) is 17.0. The number of rotatable bonds is 5. The molecule has 0 spiro atoms. The summed E-state index contributed by atoms with van der Waals surface area (Å²) in [7, 11) is 2.34. The highest BCUT2D eigenvalue weighted by Gasteiger charge is 2.40. The number of nitro benzene ring substituents is 1. The number of aromatic nitrogens is 2. The molecule has 2 heterocycles. The lowest BCUT2D eigenvalue weighted by Crippen LogP contribution is -2.36. The molecule has 1 aliphatic heterocycles. The first kappa shape index (κ1) is 21.5. The number of nitro groups is 1. The first-order valence-corrected chi connectivity index (χ1v) is 9.05. The van der Waals surface area contributed by atoms with Crippen molar-refractivity contribution < 1.29 is 19.6 Å². The fraction of sp³-hybridized carbons (Fsp3) is 0.333. The van der Waals surface area contributed by atoms with Gasteiger partial charge in [0.2, 0.25) is 11.6 Å². The van der Waals surface area contributed by atoms with Crippen LogP contribution in [0.4, 0.5) is 17.1 Å². The van der Waals surface area contributed by atoms with Gasteiger partial charge in [0.15, 0.2) is 5.69 Å². The van der Waals surface area contributed by atoms with Gasteiger partial charge >= 0.3 is 5.69 Å². The molecule has 0 aliphatic carbocycles. The van der Waals surface area contributed by atoms with Gasteiger partial charge in [-0.3, -0.25) is 38.5 Å². The van der Waals surface area contributed by atoms with Crippen molar-refractivity contribution in [2.45, 2.75) is 13.8 Å². The number of hydrogen-bond donors (Lipinski definition) is 1. The van der Waals surface area contributed by atoms with E-state index in [1.54, 1.807) is 13.8 Å². The Balaban J connectivity index is 2.24. The Labute approximate surface area is 174 Å². The van der Waals surface area contributed by atoms with Crippen LogP contribution in [-0.4, -0.2) is 42.4 Å². The third-order valence-corrected chi connectivity index (χ3v) is 4.70. The van der Waals surface area contributed by atoms with Crippen molar-refractivity contribution in [3.63, 3.8) is 0 Å². The number of benzene rings is 1. The maximum Gasteiger partial charge on any atom is 0.333 e. The third kappa shape index (κ3) is 3.39. The van der Waals surface area contributed by atoms with Gasteiger partial charge in [-0.25, -0.2) is 4.79 Å². The third-order valence-electron chi connectivity index (χ3n) is 4.70. The molecule has 0 unspecified atom stereocenters. The number of carbonyl (C=O) groups excluding carboxylic acids is 2. The number of azo groups is 1. The average molecular weight is 430 g/mol. The maximum absolute atomic E-state index is 12.9. The van der Waals surface area contributed by atoms with E-state index >= 15 is 0 Å². The molecule has 0 radical (unpaired) electrons. The number of hydrogen-bond acceptors (Lipinski definition) is 9. The predicted molar refractivity (Wildman–Crippen MR) is 106 cm³/mol. The second-order valence-electron chi connectivity index (χ2n) is 7.31. The van der Waals surface area contributed by atoms with Crippen molar-refractivity contribution in [2.24, 2.45) is 30.2 Å². The van der Waals surface area contributed by atoms with Crippen LogP contribution in [0.5, 0.6) is 5.88 Å². The number of amides is 2.